The number of amides is 1. The molecule has 5 nitrogen and oxygen atoms in total. The highest BCUT2D eigenvalue weighted by atomic mass is 16.1. The van der Waals surface area contributed by atoms with E-state index in [0.29, 0.717) is 11.5 Å². The lowest BCUT2D eigenvalue weighted by Gasteiger charge is -2.33. The number of carbonyl (C=O) groups is 1. The van der Waals surface area contributed by atoms with Crippen LogP contribution in [0.15, 0.2) is 42.9 Å². The topological polar surface area (TPSA) is 58.1 Å². The van der Waals surface area contributed by atoms with Crippen molar-refractivity contribution in [1.29, 1.82) is 0 Å². The summed E-state index contributed by atoms with van der Waals surface area (Å²) in [5.41, 5.74) is 1.99. The molecule has 22 heavy (non-hydrogen) atoms. The van der Waals surface area contributed by atoms with Gasteiger partial charge in [-0.2, -0.15) is 0 Å². The normalized spacial score (nSPS) is 15.6. The molecule has 1 aliphatic heterocycles. The summed E-state index contributed by atoms with van der Waals surface area (Å²) in [5.74, 6) is 1.26. The van der Waals surface area contributed by atoms with Crippen molar-refractivity contribution >= 4 is 11.7 Å². The molecule has 0 radical (unpaired) electrons. The summed E-state index contributed by atoms with van der Waals surface area (Å²) in [4.78, 5) is 22.7. The highest BCUT2D eigenvalue weighted by Crippen LogP contribution is 2.30. The maximum Gasteiger partial charge on any atom is 0.254 e. The fraction of sp³-hybridized carbons (Fsp3) is 0.353. The first-order chi connectivity index (χ1) is 10.8. The van der Waals surface area contributed by atoms with Crippen LogP contribution in [0.3, 0.4) is 0 Å². The zero-order valence-corrected chi connectivity index (χ0v) is 12.7. The van der Waals surface area contributed by atoms with E-state index >= 15 is 0 Å². The van der Waals surface area contributed by atoms with Crippen LogP contribution >= 0.6 is 0 Å². The Morgan fingerprint density at radius 1 is 1.18 bits per heavy atom. The lowest BCUT2D eigenvalue weighted by molar-refractivity contribution is 0.0963. The number of rotatable bonds is 3. The van der Waals surface area contributed by atoms with Crippen molar-refractivity contribution in [3.05, 3.63) is 54.0 Å². The molecule has 5 heteroatoms. The Kier molecular flexibility index (Phi) is 4.32. The highest BCUT2D eigenvalue weighted by Gasteiger charge is 2.24. The van der Waals surface area contributed by atoms with Crippen LogP contribution in [-0.2, 0) is 0 Å². The van der Waals surface area contributed by atoms with Crippen LogP contribution in [-0.4, -0.2) is 36.0 Å². The maximum atomic E-state index is 12.0. The van der Waals surface area contributed by atoms with E-state index < -0.39 is 0 Å². The summed E-state index contributed by atoms with van der Waals surface area (Å²) in [6.45, 7) is 1.82. The summed E-state index contributed by atoms with van der Waals surface area (Å²) in [5, 5.41) is 2.68. The van der Waals surface area contributed by atoms with Gasteiger partial charge in [-0.1, -0.05) is 0 Å². The number of anilines is 1. The number of nitrogens with one attached hydrogen (secondary N) is 1. The van der Waals surface area contributed by atoms with E-state index in [0.717, 1.165) is 31.7 Å². The number of hydrogen-bond donors (Lipinski definition) is 1. The van der Waals surface area contributed by atoms with Gasteiger partial charge in [-0.15, -0.1) is 0 Å². The van der Waals surface area contributed by atoms with Crippen molar-refractivity contribution in [3.63, 3.8) is 0 Å². The molecule has 0 unspecified atom stereocenters. The van der Waals surface area contributed by atoms with Crippen LogP contribution < -0.4 is 10.2 Å². The van der Waals surface area contributed by atoms with E-state index in [4.69, 9.17) is 0 Å². The van der Waals surface area contributed by atoms with Gasteiger partial charge >= 0.3 is 0 Å². The van der Waals surface area contributed by atoms with E-state index in [1.807, 2.05) is 18.5 Å². The van der Waals surface area contributed by atoms with Crippen molar-refractivity contribution in [2.45, 2.75) is 18.8 Å². The quantitative estimate of drug-likeness (QED) is 0.943. The molecule has 0 saturated carbocycles. The summed E-state index contributed by atoms with van der Waals surface area (Å²) >= 11 is 0. The average Bonchev–Trinajstić information content (AvgIpc) is 2.62. The van der Waals surface area contributed by atoms with Gasteiger partial charge in [0.2, 0.25) is 0 Å². The van der Waals surface area contributed by atoms with Gasteiger partial charge in [0.1, 0.15) is 5.82 Å². The molecule has 0 spiro atoms. The van der Waals surface area contributed by atoms with Crippen molar-refractivity contribution in [3.8, 4) is 0 Å². The number of piperidine rings is 1. The smallest absolute Gasteiger partial charge is 0.254 e. The van der Waals surface area contributed by atoms with Gasteiger partial charge < -0.3 is 10.2 Å². The van der Waals surface area contributed by atoms with Gasteiger partial charge in [0, 0.05) is 38.7 Å². The van der Waals surface area contributed by atoms with E-state index in [1.54, 1.807) is 19.3 Å². The summed E-state index contributed by atoms with van der Waals surface area (Å²) in [6, 6.07) is 7.82. The summed E-state index contributed by atoms with van der Waals surface area (Å²) in [7, 11) is 1.65. The second-order valence-corrected chi connectivity index (χ2v) is 5.50. The summed E-state index contributed by atoms with van der Waals surface area (Å²) in [6.07, 6.45) is 7.58. The van der Waals surface area contributed by atoms with Gasteiger partial charge in [0.25, 0.3) is 5.91 Å². The molecule has 0 aliphatic carbocycles. The van der Waals surface area contributed by atoms with Crippen LogP contribution in [0.4, 0.5) is 5.82 Å². The minimum atomic E-state index is -0.0839. The molecule has 0 bridgehead atoms. The average molecular weight is 296 g/mol. The second kappa shape index (κ2) is 6.56. The number of aromatic nitrogens is 2. The van der Waals surface area contributed by atoms with E-state index in [1.165, 1.54) is 5.56 Å². The Bertz CT molecular complexity index is 636. The number of pyridine rings is 2. The SMILES string of the molecule is CNC(=O)c1cccnc1N1CCC(c2ccncc2)CC1. The largest absolute Gasteiger partial charge is 0.356 e. The highest BCUT2D eigenvalue weighted by molar-refractivity contribution is 5.98. The Labute approximate surface area is 130 Å². The van der Waals surface area contributed by atoms with Gasteiger partial charge in [-0.3, -0.25) is 9.78 Å². The standard InChI is InChI=1S/C17H20N4O/c1-18-17(22)15-3-2-8-20-16(15)21-11-6-14(7-12-21)13-4-9-19-10-5-13/h2-5,8-10,14H,6-7,11-12H2,1H3,(H,18,22). The first-order valence-electron chi connectivity index (χ1n) is 7.61. The van der Waals surface area contributed by atoms with E-state index in [2.05, 4.69) is 32.3 Å². The molecule has 0 aromatic carbocycles. The molecule has 1 amide bonds. The fourth-order valence-electron chi connectivity index (χ4n) is 3.02. The van der Waals surface area contributed by atoms with Gasteiger partial charge in [0.15, 0.2) is 0 Å². The molecular weight excluding hydrogens is 276 g/mol. The third-order valence-electron chi connectivity index (χ3n) is 4.23. The molecule has 2 aromatic rings. The zero-order chi connectivity index (χ0) is 15.4. The lowest BCUT2D eigenvalue weighted by Crippen LogP contribution is -2.35. The molecule has 0 atom stereocenters. The molecule has 3 heterocycles. The third-order valence-corrected chi connectivity index (χ3v) is 4.23. The molecule has 1 aliphatic rings. The second-order valence-electron chi connectivity index (χ2n) is 5.50. The Morgan fingerprint density at radius 3 is 2.59 bits per heavy atom. The zero-order valence-electron chi connectivity index (χ0n) is 12.7. The monoisotopic (exact) mass is 296 g/mol. The fourth-order valence-corrected chi connectivity index (χ4v) is 3.02. The Hall–Kier alpha value is -2.43. The number of nitrogens with zero attached hydrogens (tertiary/aromatic N) is 3. The van der Waals surface area contributed by atoms with E-state index in [-0.39, 0.29) is 5.91 Å². The van der Waals surface area contributed by atoms with Crippen molar-refractivity contribution in [2.24, 2.45) is 0 Å². The van der Waals surface area contributed by atoms with Crippen LogP contribution in [0.2, 0.25) is 0 Å². The van der Waals surface area contributed by atoms with Crippen molar-refractivity contribution < 1.29 is 4.79 Å². The van der Waals surface area contributed by atoms with Gasteiger partial charge in [-0.05, 0) is 48.6 Å². The molecule has 1 N–H and O–H groups in total. The predicted octanol–water partition coefficient (Wildman–Crippen LogP) is 2.22. The Morgan fingerprint density at radius 2 is 1.91 bits per heavy atom. The summed E-state index contributed by atoms with van der Waals surface area (Å²) < 4.78 is 0. The maximum absolute atomic E-state index is 12.0. The number of carbonyl (C=O) groups excluding carboxylic acids is 1. The molecule has 114 valence electrons. The van der Waals surface area contributed by atoms with Gasteiger partial charge in [0.05, 0.1) is 5.56 Å². The molecular formula is C17H20N4O. The first kappa shape index (κ1) is 14.5. The van der Waals surface area contributed by atoms with Crippen LogP contribution in [0.25, 0.3) is 0 Å². The van der Waals surface area contributed by atoms with Crippen LogP contribution in [0.1, 0.15) is 34.7 Å². The molecule has 1 fully saturated rings. The molecule has 3 rings (SSSR count). The molecule has 2 aromatic heterocycles. The van der Waals surface area contributed by atoms with E-state index in [9.17, 15) is 4.79 Å². The van der Waals surface area contributed by atoms with Crippen molar-refractivity contribution in [2.75, 3.05) is 25.0 Å². The minimum absolute atomic E-state index is 0.0839. The van der Waals surface area contributed by atoms with Crippen molar-refractivity contribution in [1.82, 2.24) is 15.3 Å². The molecule has 1 saturated heterocycles. The number of hydrogen-bond acceptors (Lipinski definition) is 4. The van der Waals surface area contributed by atoms with Crippen LogP contribution in [0.5, 0.6) is 0 Å². The predicted molar refractivity (Wildman–Crippen MR) is 86.1 cm³/mol. The Balaban J connectivity index is 1.73. The minimum Gasteiger partial charge on any atom is -0.356 e. The lowest BCUT2D eigenvalue weighted by atomic mass is 9.90. The third kappa shape index (κ3) is 2.93. The van der Waals surface area contributed by atoms with Crippen LogP contribution in [0, 0.1) is 0 Å². The van der Waals surface area contributed by atoms with Gasteiger partial charge in [-0.25, -0.2) is 4.98 Å². The first-order valence-corrected chi connectivity index (χ1v) is 7.61.